The van der Waals surface area contributed by atoms with Gasteiger partial charge in [0.25, 0.3) is 10.0 Å². The molecule has 2 aromatic rings. The minimum atomic E-state index is -3.98. The Morgan fingerprint density at radius 3 is 2.35 bits per heavy atom. The molecule has 2 rings (SSSR count). The number of phenolic OH excluding ortho intramolecular Hbond substituents is 1. The van der Waals surface area contributed by atoms with Crippen LogP contribution in [0.15, 0.2) is 47.4 Å². The summed E-state index contributed by atoms with van der Waals surface area (Å²) in [6, 6.07) is 8.72. The minimum Gasteiger partial charge on any atom is -0.508 e. The van der Waals surface area contributed by atoms with Gasteiger partial charge in [0.15, 0.2) is 0 Å². The van der Waals surface area contributed by atoms with Gasteiger partial charge in [0.1, 0.15) is 16.5 Å². The van der Waals surface area contributed by atoms with Crippen LogP contribution in [0.4, 0.5) is 10.1 Å². The Kier molecular flexibility index (Phi) is 3.87. The van der Waals surface area contributed by atoms with E-state index in [1.807, 2.05) is 0 Å². The van der Waals surface area contributed by atoms with Crippen LogP contribution in [0.3, 0.4) is 0 Å². The standard InChI is InChI=1S/C13H11ClFNO3S/c1-16(10-3-5-11(17)6-4-10)20(18,19)13-8-9(15)2-7-12(13)14/h2-8,17H,1H3. The topological polar surface area (TPSA) is 57.6 Å². The van der Waals surface area contributed by atoms with Crippen LogP contribution in [0.1, 0.15) is 0 Å². The summed E-state index contributed by atoms with van der Waals surface area (Å²) in [6.07, 6.45) is 0. The minimum absolute atomic E-state index is 0.0170. The first kappa shape index (κ1) is 14.6. The largest absolute Gasteiger partial charge is 0.508 e. The van der Waals surface area contributed by atoms with E-state index in [-0.39, 0.29) is 15.7 Å². The summed E-state index contributed by atoms with van der Waals surface area (Å²) in [7, 11) is -2.66. The molecule has 0 saturated carbocycles. The van der Waals surface area contributed by atoms with Crippen LogP contribution in [0.5, 0.6) is 5.75 Å². The van der Waals surface area contributed by atoms with Crippen LogP contribution in [-0.2, 0) is 10.0 Å². The van der Waals surface area contributed by atoms with E-state index < -0.39 is 15.8 Å². The first-order valence-corrected chi connectivity index (χ1v) is 7.37. The maximum atomic E-state index is 13.2. The molecular weight excluding hydrogens is 305 g/mol. The van der Waals surface area contributed by atoms with Crippen LogP contribution in [0.2, 0.25) is 5.02 Å². The molecule has 4 nitrogen and oxygen atoms in total. The summed E-state index contributed by atoms with van der Waals surface area (Å²) in [4.78, 5) is -0.310. The van der Waals surface area contributed by atoms with E-state index in [0.29, 0.717) is 5.69 Å². The summed E-state index contributed by atoms with van der Waals surface area (Å²) in [5.74, 6) is -0.671. The lowest BCUT2D eigenvalue weighted by Gasteiger charge is -2.20. The lowest BCUT2D eigenvalue weighted by Crippen LogP contribution is -2.26. The zero-order chi connectivity index (χ0) is 14.9. The number of hydrogen-bond acceptors (Lipinski definition) is 3. The number of aromatic hydroxyl groups is 1. The predicted octanol–water partition coefficient (Wildman–Crippen LogP) is 3.01. The Balaban J connectivity index is 2.49. The van der Waals surface area contributed by atoms with Crippen LogP contribution < -0.4 is 4.31 Å². The molecule has 0 spiro atoms. The molecule has 0 aliphatic carbocycles. The second-order valence-electron chi connectivity index (χ2n) is 4.06. The Hall–Kier alpha value is -1.79. The number of anilines is 1. The monoisotopic (exact) mass is 315 g/mol. The van der Waals surface area contributed by atoms with Gasteiger partial charge in [0.2, 0.25) is 0 Å². The Labute approximate surface area is 121 Å². The molecule has 0 heterocycles. The molecule has 1 N–H and O–H groups in total. The summed E-state index contributed by atoms with van der Waals surface area (Å²) in [5.41, 5.74) is 0.322. The van der Waals surface area contributed by atoms with Crippen molar-refractivity contribution in [2.75, 3.05) is 11.4 Å². The molecule has 7 heteroatoms. The molecule has 106 valence electrons. The molecule has 2 aromatic carbocycles. The molecule has 0 saturated heterocycles. The van der Waals surface area contributed by atoms with E-state index in [9.17, 15) is 17.9 Å². The number of hydrogen-bond donors (Lipinski definition) is 1. The summed E-state index contributed by atoms with van der Waals surface area (Å²) in [6.45, 7) is 0. The van der Waals surface area contributed by atoms with Crippen molar-refractivity contribution >= 4 is 27.3 Å². The van der Waals surface area contributed by atoms with Crippen molar-refractivity contribution < 1.29 is 17.9 Å². The average molecular weight is 316 g/mol. The summed E-state index contributed by atoms with van der Waals surface area (Å²) < 4.78 is 39.0. The van der Waals surface area contributed by atoms with E-state index in [1.54, 1.807) is 0 Å². The van der Waals surface area contributed by atoms with E-state index in [2.05, 4.69) is 0 Å². The highest BCUT2D eigenvalue weighted by atomic mass is 35.5. The Bertz CT molecular complexity index is 732. The molecule has 0 atom stereocenters. The van der Waals surface area contributed by atoms with Gasteiger partial charge in [-0.15, -0.1) is 0 Å². The first-order valence-electron chi connectivity index (χ1n) is 5.55. The van der Waals surface area contributed by atoms with E-state index in [4.69, 9.17) is 11.6 Å². The number of rotatable bonds is 3. The van der Waals surface area contributed by atoms with Crippen molar-refractivity contribution in [2.24, 2.45) is 0 Å². The lowest BCUT2D eigenvalue weighted by atomic mass is 10.3. The number of sulfonamides is 1. The van der Waals surface area contributed by atoms with Crippen LogP contribution >= 0.6 is 11.6 Å². The van der Waals surface area contributed by atoms with Crippen LogP contribution in [0.25, 0.3) is 0 Å². The van der Waals surface area contributed by atoms with Crippen LogP contribution in [-0.4, -0.2) is 20.6 Å². The normalized spacial score (nSPS) is 11.3. The Morgan fingerprint density at radius 1 is 1.15 bits per heavy atom. The SMILES string of the molecule is CN(c1ccc(O)cc1)S(=O)(=O)c1cc(F)ccc1Cl. The molecule has 0 aliphatic heterocycles. The highest BCUT2D eigenvalue weighted by molar-refractivity contribution is 7.93. The van der Waals surface area contributed by atoms with Crippen molar-refractivity contribution in [1.82, 2.24) is 0 Å². The van der Waals surface area contributed by atoms with Crippen LogP contribution in [0, 0.1) is 5.82 Å². The predicted molar refractivity (Wildman–Crippen MR) is 75.1 cm³/mol. The number of halogens is 2. The molecule has 0 bridgehead atoms. The number of benzene rings is 2. The summed E-state index contributed by atoms with van der Waals surface area (Å²) in [5, 5.41) is 9.14. The fourth-order valence-corrected chi connectivity index (χ4v) is 3.30. The van der Waals surface area contributed by atoms with Gasteiger partial charge in [-0.2, -0.15) is 0 Å². The molecule has 0 fully saturated rings. The van der Waals surface area contributed by atoms with Crippen molar-refractivity contribution in [2.45, 2.75) is 4.90 Å². The fraction of sp³-hybridized carbons (Fsp3) is 0.0769. The molecule has 20 heavy (non-hydrogen) atoms. The highest BCUT2D eigenvalue weighted by Gasteiger charge is 2.24. The van der Waals surface area contributed by atoms with Gasteiger partial charge in [-0.1, -0.05) is 11.6 Å². The van der Waals surface area contributed by atoms with Crippen molar-refractivity contribution in [3.63, 3.8) is 0 Å². The van der Waals surface area contributed by atoms with Gasteiger partial charge in [-0.25, -0.2) is 12.8 Å². The molecule has 0 aliphatic rings. The molecule has 0 unspecified atom stereocenters. The summed E-state index contributed by atoms with van der Waals surface area (Å²) >= 11 is 5.82. The molecular formula is C13H11ClFNO3S. The smallest absolute Gasteiger partial charge is 0.265 e. The fourth-order valence-electron chi connectivity index (χ4n) is 1.62. The second kappa shape index (κ2) is 5.30. The third kappa shape index (κ3) is 2.71. The van der Waals surface area contributed by atoms with Crippen molar-refractivity contribution in [3.8, 4) is 5.75 Å². The van der Waals surface area contributed by atoms with Gasteiger partial charge in [0, 0.05) is 7.05 Å². The van der Waals surface area contributed by atoms with Gasteiger partial charge < -0.3 is 5.11 Å². The number of phenols is 1. The number of nitrogens with zero attached hydrogens (tertiary/aromatic N) is 1. The average Bonchev–Trinajstić information content (AvgIpc) is 2.41. The van der Waals surface area contributed by atoms with Gasteiger partial charge >= 0.3 is 0 Å². The zero-order valence-electron chi connectivity index (χ0n) is 10.4. The third-order valence-corrected chi connectivity index (χ3v) is 5.01. The quantitative estimate of drug-likeness (QED) is 0.947. The van der Waals surface area contributed by atoms with Crippen molar-refractivity contribution in [1.29, 1.82) is 0 Å². The lowest BCUT2D eigenvalue weighted by molar-refractivity contribution is 0.475. The Morgan fingerprint density at radius 2 is 1.75 bits per heavy atom. The van der Waals surface area contributed by atoms with Gasteiger partial charge in [0.05, 0.1) is 10.7 Å². The van der Waals surface area contributed by atoms with E-state index in [1.165, 1.54) is 37.4 Å². The first-order chi connectivity index (χ1) is 9.32. The maximum absolute atomic E-state index is 13.2. The van der Waals surface area contributed by atoms with E-state index >= 15 is 0 Å². The van der Waals surface area contributed by atoms with Gasteiger partial charge in [-0.05, 0) is 42.5 Å². The maximum Gasteiger partial charge on any atom is 0.265 e. The van der Waals surface area contributed by atoms with E-state index in [0.717, 1.165) is 16.4 Å². The highest BCUT2D eigenvalue weighted by Crippen LogP contribution is 2.28. The van der Waals surface area contributed by atoms with Crippen molar-refractivity contribution in [3.05, 3.63) is 53.3 Å². The third-order valence-electron chi connectivity index (χ3n) is 2.75. The van der Waals surface area contributed by atoms with Gasteiger partial charge in [-0.3, -0.25) is 4.31 Å². The molecule has 0 amide bonds. The zero-order valence-corrected chi connectivity index (χ0v) is 12.0. The molecule has 0 aromatic heterocycles. The molecule has 0 radical (unpaired) electrons. The second-order valence-corrected chi connectivity index (χ2v) is 6.41.